The van der Waals surface area contributed by atoms with Crippen LogP contribution in [0.3, 0.4) is 0 Å². The molecule has 2 amide bonds. The van der Waals surface area contributed by atoms with Gasteiger partial charge in [0.15, 0.2) is 0 Å². The standard InChI is InChI=1S/C15H16F3N3O4S/c1-9(19-13(22)7-15(16,17)18)14(23)20-11-8-26(24,25)21(2)12-6-4-3-5-10(11)12/h3-6,8-9H,7H2,1-2H3,(H,19,22)(H,20,23). The van der Waals surface area contributed by atoms with Crippen LogP contribution in [0, 0.1) is 0 Å². The number of benzene rings is 1. The van der Waals surface area contributed by atoms with Crippen LogP contribution in [0.2, 0.25) is 0 Å². The molecule has 1 aromatic rings. The number of rotatable bonds is 4. The van der Waals surface area contributed by atoms with Crippen molar-refractivity contribution in [3.8, 4) is 0 Å². The summed E-state index contributed by atoms with van der Waals surface area (Å²) in [6.45, 7) is 1.19. The summed E-state index contributed by atoms with van der Waals surface area (Å²) in [5, 5.41) is 5.11. The molecule has 142 valence electrons. The number of hydrogen-bond acceptors (Lipinski definition) is 4. The molecule has 0 radical (unpaired) electrons. The third kappa shape index (κ3) is 4.54. The molecule has 0 fully saturated rings. The van der Waals surface area contributed by atoms with Crippen LogP contribution in [0.15, 0.2) is 29.7 Å². The number of halogens is 3. The lowest BCUT2D eigenvalue weighted by atomic mass is 10.1. The van der Waals surface area contributed by atoms with Crippen molar-refractivity contribution in [3.63, 3.8) is 0 Å². The van der Waals surface area contributed by atoms with E-state index in [1.54, 1.807) is 24.3 Å². The number of nitrogens with zero attached hydrogens (tertiary/aromatic N) is 1. The summed E-state index contributed by atoms with van der Waals surface area (Å²) in [4.78, 5) is 23.4. The number of nitrogens with one attached hydrogen (secondary N) is 2. The quantitative estimate of drug-likeness (QED) is 0.810. The van der Waals surface area contributed by atoms with Gasteiger partial charge in [-0.15, -0.1) is 0 Å². The molecule has 1 aliphatic rings. The van der Waals surface area contributed by atoms with Crippen LogP contribution in [0.1, 0.15) is 18.9 Å². The van der Waals surface area contributed by atoms with Crippen molar-refractivity contribution in [3.05, 3.63) is 35.2 Å². The number of hydrogen-bond donors (Lipinski definition) is 2. The molecular weight excluding hydrogens is 375 g/mol. The minimum Gasteiger partial charge on any atom is -0.344 e. The fourth-order valence-corrected chi connectivity index (χ4v) is 3.36. The van der Waals surface area contributed by atoms with E-state index in [1.165, 1.54) is 14.0 Å². The number of amides is 2. The van der Waals surface area contributed by atoms with Crippen molar-refractivity contribution in [2.75, 3.05) is 11.4 Å². The SMILES string of the molecule is CC(NC(=O)CC(F)(F)F)C(=O)NC1=CS(=O)(=O)N(C)c2ccccc21. The van der Waals surface area contributed by atoms with Crippen molar-refractivity contribution in [2.45, 2.75) is 25.6 Å². The first kappa shape index (κ1) is 19.8. The van der Waals surface area contributed by atoms with Gasteiger partial charge >= 0.3 is 6.18 Å². The Labute approximate surface area is 147 Å². The van der Waals surface area contributed by atoms with E-state index in [2.05, 4.69) is 5.32 Å². The first-order chi connectivity index (χ1) is 11.9. The number of carbonyl (C=O) groups is 2. The number of alkyl halides is 3. The number of sulfonamides is 1. The number of fused-ring (bicyclic) bond motifs is 1. The zero-order valence-corrected chi connectivity index (χ0v) is 14.6. The summed E-state index contributed by atoms with van der Waals surface area (Å²) in [5.41, 5.74) is 0.728. The second-order valence-corrected chi connectivity index (χ2v) is 7.44. The Morgan fingerprint density at radius 1 is 1.23 bits per heavy atom. The average molecular weight is 391 g/mol. The van der Waals surface area contributed by atoms with Crippen LogP contribution in [0.5, 0.6) is 0 Å². The maximum Gasteiger partial charge on any atom is 0.397 e. The molecule has 7 nitrogen and oxygen atoms in total. The lowest BCUT2D eigenvalue weighted by molar-refractivity contribution is -0.155. The van der Waals surface area contributed by atoms with E-state index >= 15 is 0 Å². The van der Waals surface area contributed by atoms with Crippen LogP contribution in [0.4, 0.5) is 18.9 Å². The molecule has 0 spiro atoms. The summed E-state index contributed by atoms with van der Waals surface area (Å²) >= 11 is 0. The molecule has 1 heterocycles. The highest BCUT2D eigenvalue weighted by molar-refractivity contribution is 7.95. The van der Waals surface area contributed by atoms with Crippen LogP contribution in [-0.4, -0.2) is 39.5 Å². The van der Waals surface area contributed by atoms with Crippen molar-refractivity contribution >= 4 is 33.2 Å². The molecule has 0 bridgehead atoms. The molecule has 2 N–H and O–H groups in total. The van der Waals surface area contributed by atoms with E-state index in [0.717, 1.165) is 9.71 Å². The number of anilines is 1. The molecule has 1 unspecified atom stereocenters. The predicted octanol–water partition coefficient (Wildman–Crippen LogP) is 1.34. The zero-order valence-electron chi connectivity index (χ0n) is 13.8. The van der Waals surface area contributed by atoms with Gasteiger partial charge in [-0.05, 0) is 13.0 Å². The normalized spacial score (nSPS) is 17.0. The van der Waals surface area contributed by atoms with Gasteiger partial charge in [-0.2, -0.15) is 13.2 Å². The second kappa shape index (κ2) is 6.98. The highest BCUT2D eigenvalue weighted by atomic mass is 32.2. The fraction of sp³-hybridized carbons (Fsp3) is 0.333. The lowest BCUT2D eigenvalue weighted by Gasteiger charge is -2.27. The van der Waals surface area contributed by atoms with Gasteiger partial charge in [-0.1, -0.05) is 18.2 Å². The molecule has 0 aromatic heterocycles. The maximum absolute atomic E-state index is 12.2. The molecule has 0 aliphatic carbocycles. The Morgan fingerprint density at radius 2 is 1.85 bits per heavy atom. The minimum atomic E-state index is -4.69. The summed E-state index contributed by atoms with van der Waals surface area (Å²) in [5.74, 6) is -2.20. The van der Waals surface area contributed by atoms with Crippen molar-refractivity contribution < 1.29 is 31.2 Å². The first-order valence-corrected chi connectivity index (χ1v) is 8.88. The van der Waals surface area contributed by atoms with Crippen molar-refractivity contribution in [1.29, 1.82) is 0 Å². The van der Waals surface area contributed by atoms with Crippen LogP contribution < -0.4 is 14.9 Å². The Bertz CT molecular complexity index is 865. The van der Waals surface area contributed by atoms with Gasteiger partial charge in [0.2, 0.25) is 11.8 Å². The van der Waals surface area contributed by atoms with Gasteiger partial charge in [0.25, 0.3) is 10.0 Å². The highest BCUT2D eigenvalue weighted by Gasteiger charge is 2.33. The monoisotopic (exact) mass is 391 g/mol. The fourth-order valence-electron chi connectivity index (χ4n) is 2.28. The van der Waals surface area contributed by atoms with E-state index in [-0.39, 0.29) is 5.70 Å². The van der Waals surface area contributed by atoms with E-state index in [0.29, 0.717) is 11.3 Å². The Morgan fingerprint density at radius 3 is 2.46 bits per heavy atom. The van der Waals surface area contributed by atoms with Crippen molar-refractivity contribution in [1.82, 2.24) is 10.6 Å². The Balaban J connectivity index is 2.17. The van der Waals surface area contributed by atoms with Gasteiger partial charge in [-0.3, -0.25) is 13.9 Å². The van der Waals surface area contributed by atoms with E-state index in [1.807, 2.05) is 5.32 Å². The zero-order chi connectivity index (χ0) is 19.7. The number of para-hydroxylation sites is 1. The molecule has 11 heteroatoms. The van der Waals surface area contributed by atoms with Gasteiger partial charge in [-0.25, -0.2) is 8.42 Å². The third-order valence-electron chi connectivity index (χ3n) is 3.57. The Kier molecular flexibility index (Phi) is 5.31. The average Bonchev–Trinajstić information content (AvgIpc) is 2.50. The molecule has 1 aliphatic heterocycles. The smallest absolute Gasteiger partial charge is 0.344 e. The predicted molar refractivity (Wildman–Crippen MR) is 88.2 cm³/mol. The maximum atomic E-state index is 12.2. The second-order valence-electron chi connectivity index (χ2n) is 5.63. The largest absolute Gasteiger partial charge is 0.397 e. The molecule has 1 atom stereocenters. The molecule has 0 saturated heterocycles. The van der Waals surface area contributed by atoms with Gasteiger partial charge in [0.1, 0.15) is 12.5 Å². The van der Waals surface area contributed by atoms with Crippen LogP contribution in [-0.2, 0) is 19.6 Å². The van der Waals surface area contributed by atoms with Crippen LogP contribution >= 0.6 is 0 Å². The first-order valence-electron chi connectivity index (χ1n) is 7.38. The molecule has 0 saturated carbocycles. The molecule has 2 rings (SSSR count). The summed E-state index contributed by atoms with van der Waals surface area (Å²) in [6, 6.07) is 5.09. The molecular formula is C15H16F3N3O4S. The van der Waals surface area contributed by atoms with E-state index in [9.17, 15) is 31.2 Å². The summed E-state index contributed by atoms with van der Waals surface area (Å²) in [6.07, 6.45) is -6.40. The summed E-state index contributed by atoms with van der Waals surface area (Å²) in [7, 11) is -2.47. The third-order valence-corrected chi connectivity index (χ3v) is 5.07. The van der Waals surface area contributed by atoms with E-state index in [4.69, 9.17) is 0 Å². The van der Waals surface area contributed by atoms with Gasteiger partial charge in [0.05, 0.1) is 16.8 Å². The van der Waals surface area contributed by atoms with Gasteiger partial charge < -0.3 is 10.6 Å². The van der Waals surface area contributed by atoms with Crippen LogP contribution in [0.25, 0.3) is 5.70 Å². The minimum absolute atomic E-state index is 0.0272. The Hall–Kier alpha value is -2.56. The topological polar surface area (TPSA) is 95.6 Å². The van der Waals surface area contributed by atoms with E-state index < -0.39 is 40.5 Å². The van der Waals surface area contributed by atoms with Crippen molar-refractivity contribution in [2.24, 2.45) is 0 Å². The molecule has 26 heavy (non-hydrogen) atoms. The number of carbonyl (C=O) groups excluding carboxylic acids is 2. The van der Waals surface area contributed by atoms with Gasteiger partial charge in [0, 0.05) is 12.6 Å². The summed E-state index contributed by atoms with van der Waals surface area (Å²) < 4.78 is 61.8. The lowest BCUT2D eigenvalue weighted by Crippen LogP contribution is -2.45. The molecule has 1 aromatic carbocycles. The highest BCUT2D eigenvalue weighted by Crippen LogP contribution is 2.32.